The minimum atomic E-state index is -1.18. The maximum Gasteiger partial charge on any atom is 0.372 e. The van der Waals surface area contributed by atoms with E-state index < -0.39 is 11.8 Å². The molecule has 1 N–H and O–H groups in total. The molecule has 84 valence electrons. The third-order valence-electron chi connectivity index (χ3n) is 2.36. The van der Waals surface area contributed by atoms with Gasteiger partial charge in [0.15, 0.2) is 5.58 Å². The van der Waals surface area contributed by atoms with Crippen molar-refractivity contribution < 1.29 is 18.7 Å². The molecule has 0 bridgehead atoms. The van der Waals surface area contributed by atoms with Crippen LogP contribution in [0.4, 0.5) is 4.39 Å². The topological polar surface area (TPSA) is 50.4 Å². The van der Waals surface area contributed by atoms with Crippen LogP contribution in [-0.4, -0.2) is 11.1 Å². The molecule has 3 nitrogen and oxygen atoms in total. The van der Waals surface area contributed by atoms with Crippen LogP contribution in [0.1, 0.15) is 23.0 Å². The van der Waals surface area contributed by atoms with E-state index in [1.54, 1.807) is 6.92 Å². The molecule has 0 amide bonds. The van der Waals surface area contributed by atoms with E-state index in [1.807, 2.05) is 0 Å². The predicted octanol–water partition coefficient (Wildman–Crippen LogP) is 3.49. The second-order valence-electron chi connectivity index (χ2n) is 3.33. The molecule has 0 fully saturated rings. The second kappa shape index (κ2) is 3.79. The van der Waals surface area contributed by atoms with Gasteiger partial charge in [-0.1, -0.05) is 18.5 Å². The summed E-state index contributed by atoms with van der Waals surface area (Å²) in [5, 5.41) is 9.43. The zero-order valence-electron chi connectivity index (χ0n) is 8.38. The van der Waals surface area contributed by atoms with Crippen molar-refractivity contribution in [1.82, 2.24) is 0 Å². The number of aryl methyl sites for hydroxylation is 1. The van der Waals surface area contributed by atoms with Gasteiger partial charge in [0.05, 0.1) is 5.02 Å². The Morgan fingerprint density at radius 2 is 2.25 bits per heavy atom. The first-order valence-electron chi connectivity index (χ1n) is 4.68. The fourth-order valence-corrected chi connectivity index (χ4v) is 1.94. The molecule has 5 heteroatoms. The van der Waals surface area contributed by atoms with Gasteiger partial charge in [-0.15, -0.1) is 0 Å². The molecular formula is C11H8ClFO3. The van der Waals surface area contributed by atoms with Crippen molar-refractivity contribution in [3.05, 3.63) is 34.3 Å². The molecule has 0 aliphatic rings. The third kappa shape index (κ3) is 1.55. The van der Waals surface area contributed by atoms with Crippen LogP contribution in [0.5, 0.6) is 0 Å². The maximum atomic E-state index is 13.2. The lowest BCUT2D eigenvalue weighted by Crippen LogP contribution is -1.97. The highest BCUT2D eigenvalue weighted by Gasteiger charge is 2.20. The van der Waals surface area contributed by atoms with E-state index in [4.69, 9.17) is 21.1 Å². The van der Waals surface area contributed by atoms with Crippen molar-refractivity contribution in [2.45, 2.75) is 13.3 Å². The molecular weight excluding hydrogens is 235 g/mol. The Morgan fingerprint density at radius 1 is 1.56 bits per heavy atom. The summed E-state index contributed by atoms with van der Waals surface area (Å²) in [7, 11) is 0. The standard InChI is InChI=1S/C11H8ClFO3/c1-2-6-7-3-5(13)4-8(12)9(7)16-10(6)11(14)15/h3-4H,2H2,1H3,(H,14,15). The van der Waals surface area contributed by atoms with Gasteiger partial charge in [0, 0.05) is 10.9 Å². The van der Waals surface area contributed by atoms with Crippen molar-refractivity contribution in [2.24, 2.45) is 0 Å². The highest BCUT2D eigenvalue weighted by Crippen LogP contribution is 2.32. The monoisotopic (exact) mass is 242 g/mol. The summed E-state index contributed by atoms with van der Waals surface area (Å²) in [5.74, 6) is -1.86. The van der Waals surface area contributed by atoms with Crippen LogP contribution >= 0.6 is 11.6 Å². The molecule has 0 aliphatic heterocycles. The third-order valence-corrected chi connectivity index (χ3v) is 2.64. The summed E-state index contributed by atoms with van der Waals surface area (Å²) >= 11 is 5.78. The smallest absolute Gasteiger partial charge is 0.372 e. The molecule has 1 heterocycles. The molecule has 16 heavy (non-hydrogen) atoms. The molecule has 1 aromatic carbocycles. The molecule has 0 radical (unpaired) electrons. The first-order valence-corrected chi connectivity index (χ1v) is 5.06. The van der Waals surface area contributed by atoms with E-state index >= 15 is 0 Å². The zero-order chi connectivity index (χ0) is 11.9. The fourth-order valence-electron chi connectivity index (χ4n) is 1.70. The number of halogens is 2. The van der Waals surface area contributed by atoms with Crippen molar-refractivity contribution in [3.8, 4) is 0 Å². The predicted molar refractivity (Wildman–Crippen MR) is 57.5 cm³/mol. The zero-order valence-corrected chi connectivity index (χ0v) is 9.14. The van der Waals surface area contributed by atoms with Gasteiger partial charge in [-0.3, -0.25) is 0 Å². The van der Waals surface area contributed by atoms with Gasteiger partial charge in [0.25, 0.3) is 0 Å². The van der Waals surface area contributed by atoms with E-state index in [9.17, 15) is 9.18 Å². The van der Waals surface area contributed by atoms with E-state index in [0.717, 1.165) is 6.07 Å². The van der Waals surface area contributed by atoms with Gasteiger partial charge in [-0.2, -0.15) is 0 Å². The average Bonchev–Trinajstić information content (AvgIpc) is 2.56. The Balaban J connectivity index is 2.87. The van der Waals surface area contributed by atoms with Crippen molar-refractivity contribution >= 4 is 28.5 Å². The van der Waals surface area contributed by atoms with Gasteiger partial charge in [-0.25, -0.2) is 9.18 Å². The van der Waals surface area contributed by atoms with Crippen molar-refractivity contribution in [2.75, 3.05) is 0 Å². The Morgan fingerprint density at radius 3 is 2.81 bits per heavy atom. The number of carbonyl (C=O) groups is 1. The summed E-state index contributed by atoms with van der Waals surface area (Å²) in [6.45, 7) is 1.77. The molecule has 0 saturated carbocycles. The number of carboxylic acids is 1. The van der Waals surface area contributed by atoms with E-state index in [2.05, 4.69) is 0 Å². The number of aromatic carboxylic acids is 1. The number of carboxylic acid groups (broad SMARTS) is 1. The van der Waals surface area contributed by atoms with E-state index in [1.165, 1.54) is 6.07 Å². The SMILES string of the molecule is CCc1c(C(=O)O)oc2c(Cl)cc(F)cc12. The number of rotatable bonds is 2. The highest BCUT2D eigenvalue weighted by atomic mass is 35.5. The fraction of sp³-hybridized carbons (Fsp3) is 0.182. The largest absolute Gasteiger partial charge is 0.475 e. The molecule has 0 atom stereocenters. The minimum Gasteiger partial charge on any atom is -0.475 e. The normalized spacial score (nSPS) is 10.9. The Kier molecular flexibility index (Phi) is 2.59. The summed E-state index contributed by atoms with van der Waals surface area (Å²) in [5.41, 5.74) is 0.682. The summed E-state index contributed by atoms with van der Waals surface area (Å²) in [4.78, 5) is 10.9. The van der Waals surface area contributed by atoms with Crippen LogP contribution in [-0.2, 0) is 6.42 Å². The van der Waals surface area contributed by atoms with Gasteiger partial charge >= 0.3 is 5.97 Å². The number of hydrogen-bond donors (Lipinski definition) is 1. The first kappa shape index (κ1) is 11.0. The first-order chi connectivity index (χ1) is 7.54. The van der Waals surface area contributed by atoms with Gasteiger partial charge in [0.1, 0.15) is 5.82 Å². The lowest BCUT2D eigenvalue weighted by molar-refractivity contribution is 0.0663. The summed E-state index contributed by atoms with van der Waals surface area (Å²) in [6, 6.07) is 2.33. The molecule has 0 aliphatic carbocycles. The molecule has 2 aromatic rings. The van der Waals surface area contributed by atoms with E-state index in [-0.39, 0.29) is 16.4 Å². The second-order valence-corrected chi connectivity index (χ2v) is 3.74. The Labute approximate surface area is 95.4 Å². The molecule has 2 rings (SSSR count). The maximum absolute atomic E-state index is 13.2. The van der Waals surface area contributed by atoms with Gasteiger partial charge in [-0.05, 0) is 18.6 Å². The van der Waals surface area contributed by atoms with Crippen LogP contribution in [0.2, 0.25) is 5.02 Å². The molecule has 1 aromatic heterocycles. The van der Waals surface area contributed by atoms with Gasteiger partial charge < -0.3 is 9.52 Å². The van der Waals surface area contributed by atoms with Crippen LogP contribution in [0.25, 0.3) is 11.0 Å². The molecule has 0 spiro atoms. The molecule has 0 unspecified atom stereocenters. The average molecular weight is 243 g/mol. The lowest BCUT2D eigenvalue weighted by Gasteiger charge is -1.95. The van der Waals surface area contributed by atoms with Crippen LogP contribution < -0.4 is 0 Å². The van der Waals surface area contributed by atoms with Crippen molar-refractivity contribution in [1.29, 1.82) is 0 Å². The quantitative estimate of drug-likeness (QED) is 0.877. The van der Waals surface area contributed by atoms with Crippen LogP contribution in [0.3, 0.4) is 0 Å². The minimum absolute atomic E-state index is 0.0807. The summed E-state index contributed by atoms with van der Waals surface area (Å²) < 4.78 is 18.3. The number of fused-ring (bicyclic) bond motifs is 1. The van der Waals surface area contributed by atoms with Crippen molar-refractivity contribution in [3.63, 3.8) is 0 Å². The Bertz CT molecular complexity index is 574. The summed E-state index contributed by atoms with van der Waals surface area (Å²) in [6.07, 6.45) is 0.439. The number of benzene rings is 1. The van der Waals surface area contributed by atoms with Crippen LogP contribution in [0.15, 0.2) is 16.5 Å². The Hall–Kier alpha value is -1.55. The van der Waals surface area contributed by atoms with Crippen LogP contribution in [0, 0.1) is 5.82 Å². The van der Waals surface area contributed by atoms with E-state index in [0.29, 0.717) is 17.4 Å². The number of hydrogen-bond acceptors (Lipinski definition) is 2. The number of furan rings is 1. The van der Waals surface area contributed by atoms with Gasteiger partial charge in [0.2, 0.25) is 5.76 Å². The lowest BCUT2D eigenvalue weighted by atomic mass is 10.1. The highest BCUT2D eigenvalue weighted by molar-refractivity contribution is 6.35. The molecule has 0 saturated heterocycles.